The van der Waals surface area contributed by atoms with Crippen LogP contribution in [0.5, 0.6) is 5.75 Å². The second kappa shape index (κ2) is 6.02. The second-order valence-corrected chi connectivity index (χ2v) is 6.70. The Labute approximate surface area is 144 Å². The maximum atomic E-state index is 14.3. The summed E-state index contributed by atoms with van der Waals surface area (Å²) in [6.07, 6.45) is 3.75. The summed E-state index contributed by atoms with van der Waals surface area (Å²) in [6.45, 7) is 4.34. The lowest BCUT2D eigenvalue weighted by Crippen LogP contribution is -2.32. The molecule has 0 radical (unpaired) electrons. The van der Waals surface area contributed by atoms with Crippen LogP contribution in [-0.4, -0.2) is 28.0 Å². The smallest absolute Gasteiger partial charge is 0.194 e. The normalized spacial score (nSPS) is 15.9. The van der Waals surface area contributed by atoms with Crippen LogP contribution >= 0.6 is 0 Å². The lowest BCUT2D eigenvalue weighted by atomic mass is 9.99. The number of aromatic nitrogens is 2. The summed E-state index contributed by atoms with van der Waals surface area (Å²) in [5.74, 6) is -2.20. The summed E-state index contributed by atoms with van der Waals surface area (Å²) in [6, 6.07) is 8.78. The van der Waals surface area contributed by atoms with E-state index < -0.39 is 17.4 Å². The molecule has 0 bridgehead atoms. The SMILES string of the molecule is CC1CCN(c2ccc(-n3ncc4cc(F)c(O)c(F)c43)cc2)CC1. The van der Waals surface area contributed by atoms with E-state index in [1.807, 2.05) is 24.3 Å². The number of halogens is 2. The second-order valence-electron chi connectivity index (χ2n) is 6.70. The Bertz CT molecular complexity index is 913. The van der Waals surface area contributed by atoms with Gasteiger partial charge in [0.2, 0.25) is 0 Å². The van der Waals surface area contributed by atoms with Gasteiger partial charge >= 0.3 is 0 Å². The summed E-state index contributed by atoms with van der Waals surface area (Å²) >= 11 is 0. The van der Waals surface area contributed by atoms with E-state index in [4.69, 9.17) is 0 Å². The highest BCUT2D eigenvalue weighted by atomic mass is 19.1. The van der Waals surface area contributed by atoms with Crippen molar-refractivity contribution in [3.63, 3.8) is 0 Å². The number of hydrogen-bond donors (Lipinski definition) is 1. The van der Waals surface area contributed by atoms with Gasteiger partial charge in [-0.1, -0.05) is 6.92 Å². The molecule has 25 heavy (non-hydrogen) atoms. The largest absolute Gasteiger partial charge is 0.503 e. The van der Waals surface area contributed by atoms with Crippen molar-refractivity contribution in [2.45, 2.75) is 19.8 Å². The van der Waals surface area contributed by atoms with Crippen LogP contribution in [0.2, 0.25) is 0 Å². The summed E-state index contributed by atoms with van der Waals surface area (Å²) in [5.41, 5.74) is 1.86. The first-order valence-corrected chi connectivity index (χ1v) is 8.44. The minimum atomic E-state index is -0.999. The third kappa shape index (κ3) is 2.71. The summed E-state index contributed by atoms with van der Waals surface area (Å²) in [5, 5.41) is 14.0. The first-order chi connectivity index (χ1) is 12.0. The van der Waals surface area contributed by atoms with Crippen molar-refractivity contribution >= 4 is 16.6 Å². The van der Waals surface area contributed by atoms with E-state index in [0.29, 0.717) is 11.1 Å². The van der Waals surface area contributed by atoms with Crippen LogP contribution in [0.15, 0.2) is 36.5 Å². The molecule has 0 aliphatic carbocycles. The zero-order valence-electron chi connectivity index (χ0n) is 13.9. The highest BCUT2D eigenvalue weighted by Crippen LogP contribution is 2.31. The van der Waals surface area contributed by atoms with Gasteiger partial charge in [-0.05, 0) is 49.1 Å². The van der Waals surface area contributed by atoms with E-state index >= 15 is 0 Å². The summed E-state index contributed by atoms with van der Waals surface area (Å²) in [7, 11) is 0. The number of piperidine rings is 1. The monoisotopic (exact) mass is 343 g/mol. The maximum absolute atomic E-state index is 14.3. The summed E-state index contributed by atoms with van der Waals surface area (Å²) < 4.78 is 29.1. The summed E-state index contributed by atoms with van der Waals surface area (Å²) in [4.78, 5) is 2.34. The Morgan fingerprint density at radius 3 is 2.40 bits per heavy atom. The maximum Gasteiger partial charge on any atom is 0.194 e. The van der Waals surface area contributed by atoms with E-state index in [2.05, 4.69) is 16.9 Å². The molecule has 0 unspecified atom stereocenters. The van der Waals surface area contributed by atoms with Crippen LogP contribution in [0.1, 0.15) is 19.8 Å². The zero-order valence-corrected chi connectivity index (χ0v) is 13.9. The first-order valence-electron chi connectivity index (χ1n) is 8.44. The number of aromatic hydroxyl groups is 1. The quantitative estimate of drug-likeness (QED) is 0.756. The Balaban J connectivity index is 1.69. The van der Waals surface area contributed by atoms with Crippen molar-refractivity contribution in [3.8, 4) is 11.4 Å². The van der Waals surface area contributed by atoms with E-state index in [0.717, 1.165) is 30.8 Å². The Kier molecular flexibility index (Phi) is 3.82. The molecule has 0 atom stereocenters. The lowest BCUT2D eigenvalue weighted by molar-refractivity contribution is 0.399. The predicted molar refractivity (Wildman–Crippen MR) is 93.3 cm³/mol. The van der Waals surface area contributed by atoms with Crippen molar-refractivity contribution in [2.24, 2.45) is 5.92 Å². The van der Waals surface area contributed by atoms with E-state index in [9.17, 15) is 13.9 Å². The number of phenolic OH excluding ortho intramolecular Hbond substituents is 1. The number of benzene rings is 2. The zero-order chi connectivity index (χ0) is 17.6. The molecular weight excluding hydrogens is 324 g/mol. The molecule has 0 saturated carbocycles. The fraction of sp³-hybridized carbons (Fsp3) is 0.316. The van der Waals surface area contributed by atoms with Crippen molar-refractivity contribution < 1.29 is 13.9 Å². The van der Waals surface area contributed by atoms with Crippen molar-refractivity contribution in [2.75, 3.05) is 18.0 Å². The fourth-order valence-corrected chi connectivity index (χ4v) is 3.38. The van der Waals surface area contributed by atoms with Gasteiger partial charge in [-0.25, -0.2) is 13.5 Å². The average molecular weight is 343 g/mol. The van der Waals surface area contributed by atoms with Gasteiger partial charge in [-0.3, -0.25) is 0 Å². The van der Waals surface area contributed by atoms with Gasteiger partial charge in [0.25, 0.3) is 0 Å². The van der Waals surface area contributed by atoms with Crippen molar-refractivity contribution in [3.05, 3.63) is 48.2 Å². The molecule has 1 N–H and O–H groups in total. The third-order valence-electron chi connectivity index (χ3n) is 4.96. The molecule has 130 valence electrons. The molecule has 1 aliphatic heterocycles. The molecule has 6 heteroatoms. The van der Waals surface area contributed by atoms with Crippen LogP contribution in [0, 0.1) is 17.6 Å². The number of rotatable bonds is 2. The number of anilines is 1. The molecule has 2 aromatic carbocycles. The molecule has 4 nitrogen and oxygen atoms in total. The van der Waals surface area contributed by atoms with Gasteiger partial charge in [-0.15, -0.1) is 0 Å². The molecule has 0 amide bonds. The molecule has 1 fully saturated rings. The molecule has 1 saturated heterocycles. The van der Waals surface area contributed by atoms with Crippen LogP contribution < -0.4 is 4.90 Å². The molecule has 1 aromatic heterocycles. The predicted octanol–water partition coefficient (Wildman–Crippen LogP) is 4.25. The minimum absolute atomic E-state index is 0.0680. The van der Waals surface area contributed by atoms with Crippen molar-refractivity contribution in [1.82, 2.24) is 9.78 Å². The molecule has 4 rings (SSSR count). The molecule has 2 heterocycles. The van der Waals surface area contributed by atoms with Gasteiger partial charge in [0, 0.05) is 24.2 Å². The average Bonchev–Trinajstić information content (AvgIpc) is 3.04. The fourth-order valence-electron chi connectivity index (χ4n) is 3.38. The molecule has 0 spiro atoms. The Morgan fingerprint density at radius 1 is 1.08 bits per heavy atom. The van der Waals surface area contributed by atoms with E-state index in [1.165, 1.54) is 23.7 Å². The van der Waals surface area contributed by atoms with Gasteiger partial charge < -0.3 is 10.0 Å². The van der Waals surface area contributed by atoms with Crippen LogP contribution in [0.25, 0.3) is 16.6 Å². The van der Waals surface area contributed by atoms with Crippen LogP contribution in [0.3, 0.4) is 0 Å². The number of hydrogen-bond acceptors (Lipinski definition) is 3. The van der Waals surface area contributed by atoms with Crippen molar-refractivity contribution in [1.29, 1.82) is 0 Å². The number of phenols is 1. The van der Waals surface area contributed by atoms with Gasteiger partial charge in [-0.2, -0.15) is 5.10 Å². The van der Waals surface area contributed by atoms with E-state index in [-0.39, 0.29) is 5.52 Å². The lowest BCUT2D eigenvalue weighted by Gasteiger charge is -2.32. The standard InChI is InChI=1S/C19H19F2N3O/c1-12-6-8-23(9-7-12)14-2-4-15(5-3-14)24-18-13(11-22-24)10-16(20)19(25)17(18)21/h2-5,10-12,25H,6-9H2,1H3. The molecular formula is C19H19F2N3O. The Hall–Kier alpha value is -2.63. The third-order valence-corrected chi connectivity index (χ3v) is 4.96. The van der Waals surface area contributed by atoms with Gasteiger partial charge in [0.1, 0.15) is 5.52 Å². The molecule has 1 aliphatic rings. The highest BCUT2D eigenvalue weighted by Gasteiger charge is 2.19. The first kappa shape index (κ1) is 15.9. The number of fused-ring (bicyclic) bond motifs is 1. The van der Waals surface area contributed by atoms with Crippen LogP contribution in [0.4, 0.5) is 14.5 Å². The van der Waals surface area contributed by atoms with E-state index in [1.54, 1.807) is 0 Å². The van der Waals surface area contributed by atoms with Gasteiger partial charge in [0.15, 0.2) is 17.4 Å². The van der Waals surface area contributed by atoms with Gasteiger partial charge in [0.05, 0.1) is 11.9 Å². The highest BCUT2D eigenvalue weighted by molar-refractivity contribution is 5.82. The minimum Gasteiger partial charge on any atom is -0.503 e. The topological polar surface area (TPSA) is 41.3 Å². The Morgan fingerprint density at radius 2 is 1.72 bits per heavy atom. The molecule has 3 aromatic rings. The van der Waals surface area contributed by atoms with Crippen LogP contribution in [-0.2, 0) is 0 Å². The number of nitrogens with zero attached hydrogens (tertiary/aromatic N) is 3.